The van der Waals surface area contributed by atoms with E-state index in [2.05, 4.69) is 15.6 Å². The predicted octanol–water partition coefficient (Wildman–Crippen LogP) is 3.33. The molecule has 1 fully saturated rings. The van der Waals surface area contributed by atoms with Crippen LogP contribution < -0.4 is 20.1 Å². The SMILES string of the molecule is COc1cc(C(=O)NC2CCOC2)cc(NC(=O)c2ccnc3ccc(C)cc23)c1OC. The summed E-state index contributed by atoms with van der Waals surface area (Å²) in [5.74, 6) is 0.0525. The second kappa shape index (κ2) is 9.23. The second-order valence-electron chi connectivity index (χ2n) is 7.63. The van der Waals surface area contributed by atoms with Gasteiger partial charge in [-0.2, -0.15) is 0 Å². The van der Waals surface area contributed by atoms with E-state index in [1.165, 1.54) is 14.2 Å². The highest BCUT2D eigenvalue weighted by Crippen LogP contribution is 2.37. The first-order valence-electron chi connectivity index (χ1n) is 10.3. The summed E-state index contributed by atoms with van der Waals surface area (Å²) in [6.07, 6.45) is 2.36. The molecule has 2 aromatic carbocycles. The number of fused-ring (bicyclic) bond motifs is 1. The maximum Gasteiger partial charge on any atom is 0.256 e. The number of carbonyl (C=O) groups excluding carboxylic acids is 2. The molecule has 1 unspecified atom stereocenters. The fourth-order valence-electron chi connectivity index (χ4n) is 3.75. The molecule has 0 saturated carbocycles. The van der Waals surface area contributed by atoms with E-state index in [1.54, 1.807) is 24.4 Å². The summed E-state index contributed by atoms with van der Waals surface area (Å²) >= 11 is 0. The number of hydrogen-bond donors (Lipinski definition) is 2. The van der Waals surface area contributed by atoms with Gasteiger partial charge in [0.15, 0.2) is 11.5 Å². The number of benzene rings is 2. The Morgan fingerprint density at radius 3 is 2.66 bits per heavy atom. The predicted molar refractivity (Wildman–Crippen MR) is 121 cm³/mol. The molecule has 2 N–H and O–H groups in total. The molecule has 8 heteroatoms. The number of rotatable bonds is 6. The smallest absolute Gasteiger partial charge is 0.256 e. The van der Waals surface area contributed by atoms with Crippen LogP contribution in [0.15, 0.2) is 42.6 Å². The van der Waals surface area contributed by atoms with Crippen molar-refractivity contribution < 1.29 is 23.8 Å². The van der Waals surface area contributed by atoms with Gasteiger partial charge in [-0.1, -0.05) is 11.6 Å². The number of ether oxygens (including phenoxy) is 3. The third kappa shape index (κ3) is 4.36. The van der Waals surface area contributed by atoms with E-state index < -0.39 is 0 Å². The van der Waals surface area contributed by atoms with E-state index in [1.807, 2.05) is 25.1 Å². The number of hydrogen-bond acceptors (Lipinski definition) is 6. The molecular formula is C24H25N3O5. The molecule has 1 aromatic heterocycles. The number of pyridine rings is 1. The molecule has 0 bridgehead atoms. The van der Waals surface area contributed by atoms with Crippen molar-refractivity contribution in [2.45, 2.75) is 19.4 Å². The van der Waals surface area contributed by atoms with Crippen LogP contribution in [0.25, 0.3) is 10.9 Å². The summed E-state index contributed by atoms with van der Waals surface area (Å²) in [4.78, 5) is 30.4. The van der Waals surface area contributed by atoms with Crippen molar-refractivity contribution in [3.05, 3.63) is 59.3 Å². The number of carbonyl (C=O) groups is 2. The Morgan fingerprint density at radius 1 is 1.09 bits per heavy atom. The fourth-order valence-corrected chi connectivity index (χ4v) is 3.75. The van der Waals surface area contributed by atoms with Gasteiger partial charge in [-0.25, -0.2) is 0 Å². The molecule has 0 spiro atoms. The van der Waals surface area contributed by atoms with Crippen molar-refractivity contribution in [2.24, 2.45) is 0 Å². The zero-order chi connectivity index (χ0) is 22.7. The number of amides is 2. The average molecular weight is 435 g/mol. The zero-order valence-corrected chi connectivity index (χ0v) is 18.2. The zero-order valence-electron chi connectivity index (χ0n) is 18.2. The highest BCUT2D eigenvalue weighted by Gasteiger charge is 2.22. The molecule has 2 heterocycles. The maximum absolute atomic E-state index is 13.2. The van der Waals surface area contributed by atoms with E-state index in [4.69, 9.17) is 14.2 Å². The molecule has 32 heavy (non-hydrogen) atoms. The Morgan fingerprint density at radius 2 is 1.94 bits per heavy atom. The van der Waals surface area contributed by atoms with Gasteiger partial charge in [-0.3, -0.25) is 14.6 Å². The molecule has 4 rings (SSSR count). The van der Waals surface area contributed by atoms with Crippen LogP contribution in [0.4, 0.5) is 5.69 Å². The number of anilines is 1. The van der Waals surface area contributed by atoms with Gasteiger partial charge in [0.25, 0.3) is 11.8 Å². The van der Waals surface area contributed by atoms with Crippen molar-refractivity contribution in [1.82, 2.24) is 10.3 Å². The summed E-state index contributed by atoms with van der Waals surface area (Å²) in [5.41, 5.74) is 2.90. The minimum absolute atomic E-state index is 0.0416. The van der Waals surface area contributed by atoms with Crippen LogP contribution in [0.3, 0.4) is 0 Å². The molecular weight excluding hydrogens is 410 g/mol. The second-order valence-corrected chi connectivity index (χ2v) is 7.63. The lowest BCUT2D eigenvalue weighted by molar-refractivity contribution is 0.0928. The van der Waals surface area contributed by atoms with Gasteiger partial charge < -0.3 is 24.8 Å². The van der Waals surface area contributed by atoms with E-state index in [0.717, 1.165) is 22.9 Å². The van der Waals surface area contributed by atoms with Gasteiger partial charge in [0.2, 0.25) is 0 Å². The first-order valence-corrected chi connectivity index (χ1v) is 10.3. The van der Waals surface area contributed by atoms with Crippen molar-refractivity contribution in [2.75, 3.05) is 32.8 Å². The Balaban J connectivity index is 1.68. The quantitative estimate of drug-likeness (QED) is 0.616. The minimum atomic E-state index is -0.342. The molecule has 166 valence electrons. The molecule has 3 aromatic rings. The first-order chi connectivity index (χ1) is 15.5. The summed E-state index contributed by atoms with van der Waals surface area (Å²) in [7, 11) is 2.96. The monoisotopic (exact) mass is 435 g/mol. The Bertz CT molecular complexity index is 1170. The van der Waals surface area contributed by atoms with Crippen LogP contribution in [0.1, 0.15) is 32.7 Å². The van der Waals surface area contributed by atoms with Gasteiger partial charge in [0.05, 0.1) is 43.6 Å². The average Bonchev–Trinajstić information content (AvgIpc) is 3.30. The lowest BCUT2D eigenvalue weighted by atomic mass is 10.1. The normalized spacial score (nSPS) is 15.4. The number of aryl methyl sites for hydroxylation is 1. The fraction of sp³-hybridized carbons (Fsp3) is 0.292. The summed E-state index contributed by atoms with van der Waals surface area (Å²) in [5, 5.41) is 6.56. The Hall–Kier alpha value is -3.65. The molecule has 8 nitrogen and oxygen atoms in total. The van der Waals surface area contributed by atoms with E-state index in [-0.39, 0.29) is 17.9 Å². The Kier molecular flexibility index (Phi) is 6.23. The third-order valence-corrected chi connectivity index (χ3v) is 5.40. The standard InChI is InChI=1S/C24H25N3O5/c1-14-4-5-19-18(10-14)17(6-8-25-19)24(29)27-20-11-15(12-21(30-2)22(20)31-3)23(28)26-16-7-9-32-13-16/h4-6,8,10-12,16H,7,9,13H2,1-3H3,(H,26,28)(H,27,29). The molecule has 2 amide bonds. The molecule has 0 radical (unpaired) electrons. The van der Waals surface area contributed by atoms with Gasteiger partial charge in [-0.05, 0) is 43.7 Å². The van der Waals surface area contributed by atoms with Gasteiger partial charge >= 0.3 is 0 Å². The number of nitrogens with one attached hydrogen (secondary N) is 2. The third-order valence-electron chi connectivity index (χ3n) is 5.40. The van der Waals surface area contributed by atoms with Crippen molar-refractivity contribution in [3.63, 3.8) is 0 Å². The molecule has 1 atom stereocenters. The van der Waals surface area contributed by atoms with Gasteiger partial charge in [-0.15, -0.1) is 0 Å². The Labute approximate surface area is 185 Å². The minimum Gasteiger partial charge on any atom is -0.493 e. The highest BCUT2D eigenvalue weighted by molar-refractivity contribution is 6.13. The number of aromatic nitrogens is 1. The topological polar surface area (TPSA) is 98.8 Å². The number of methoxy groups -OCH3 is 2. The largest absolute Gasteiger partial charge is 0.493 e. The van der Waals surface area contributed by atoms with Crippen LogP contribution >= 0.6 is 0 Å². The van der Waals surface area contributed by atoms with Crippen LogP contribution in [0.2, 0.25) is 0 Å². The maximum atomic E-state index is 13.2. The molecule has 1 aliphatic rings. The van der Waals surface area contributed by atoms with Crippen LogP contribution in [-0.4, -0.2) is 50.3 Å². The molecule has 1 saturated heterocycles. The first kappa shape index (κ1) is 21.6. The van der Waals surface area contributed by atoms with Gasteiger partial charge in [0.1, 0.15) is 0 Å². The summed E-state index contributed by atoms with van der Waals surface area (Å²) < 4.78 is 16.2. The van der Waals surface area contributed by atoms with Crippen molar-refractivity contribution in [3.8, 4) is 11.5 Å². The molecule has 1 aliphatic heterocycles. The van der Waals surface area contributed by atoms with Crippen LogP contribution in [0, 0.1) is 6.92 Å². The lowest BCUT2D eigenvalue weighted by Crippen LogP contribution is -2.35. The summed E-state index contributed by atoms with van der Waals surface area (Å²) in [6, 6.07) is 10.5. The van der Waals surface area contributed by atoms with Crippen LogP contribution in [-0.2, 0) is 4.74 Å². The van der Waals surface area contributed by atoms with Crippen molar-refractivity contribution in [1.29, 1.82) is 0 Å². The van der Waals surface area contributed by atoms with E-state index in [0.29, 0.717) is 41.5 Å². The summed E-state index contributed by atoms with van der Waals surface area (Å²) in [6.45, 7) is 3.06. The molecule has 0 aliphatic carbocycles. The lowest BCUT2D eigenvalue weighted by Gasteiger charge is -2.17. The van der Waals surface area contributed by atoms with Crippen molar-refractivity contribution >= 4 is 28.4 Å². The highest BCUT2D eigenvalue weighted by atomic mass is 16.5. The van der Waals surface area contributed by atoms with Crippen LogP contribution in [0.5, 0.6) is 11.5 Å². The van der Waals surface area contributed by atoms with Gasteiger partial charge in [0, 0.05) is 23.8 Å². The van der Waals surface area contributed by atoms with E-state index in [9.17, 15) is 9.59 Å². The number of nitrogens with zero attached hydrogens (tertiary/aromatic N) is 1. The van der Waals surface area contributed by atoms with E-state index >= 15 is 0 Å².